The van der Waals surface area contributed by atoms with Crippen LogP contribution in [0.2, 0.25) is 0 Å². The molecule has 0 atom stereocenters. The van der Waals surface area contributed by atoms with Crippen LogP contribution in [-0.2, 0) is 17.1 Å². The SMILES string of the molecule is O=[N+]([O-])[O-].[Fe+3].[K+].[O-][I+3]([O-])([O-])[O-].[O-][I+3]([O-])([O-])[O-].[O-][I+3]([O-])([O-])[O-]. The minimum Gasteiger partial charge on any atom is -0.356 e. The summed E-state index contributed by atoms with van der Waals surface area (Å²) in [5, 5.41) is 14.8. The number of halogens is 3. The Labute approximate surface area is 186 Å². The first-order valence-corrected chi connectivity index (χ1v) is 13.0. The van der Waals surface area contributed by atoms with Crippen molar-refractivity contribution in [2.75, 3.05) is 0 Å². The van der Waals surface area contributed by atoms with Crippen molar-refractivity contribution in [2.45, 2.75) is 0 Å². The van der Waals surface area contributed by atoms with E-state index in [1.807, 2.05) is 0 Å². The van der Waals surface area contributed by atoms with Crippen LogP contribution < -0.4 is 153 Å². The maximum absolute atomic E-state index is 8.62. The third-order valence-electron chi connectivity index (χ3n) is 0. The van der Waals surface area contributed by atoms with Gasteiger partial charge in [0.25, 0.3) is 0 Å². The molecule has 0 aromatic heterocycles. The smallest absolute Gasteiger partial charge is 0.356 e. The van der Waals surface area contributed by atoms with Gasteiger partial charge in [-0.25, -0.2) is 0 Å². The predicted molar refractivity (Wildman–Crippen MR) is 10.4 cm³/mol. The summed E-state index contributed by atoms with van der Waals surface area (Å²) in [4.78, 5) is 8.25. The molecule has 0 aliphatic heterocycles. The summed E-state index contributed by atoms with van der Waals surface area (Å²) >= 11 is -17.8. The summed E-state index contributed by atoms with van der Waals surface area (Å²) in [5.41, 5.74) is 0. The van der Waals surface area contributed by atoms with Crippen LogP contribution in [-0.4, -0.2) is 5.09 Å². The van der Waals surface area contributed by atoms with Gasteiger partial charge in [0.2, 0.25) is 0 Å². The van der Waals surface area contributed by atoms with Gasteiger partial charge in [0.05, 0.1) is 5.09 Å². The van der Waals surface area contributed by atoms with Crippen LogP contribution in [0.5, 0.6) is 0 Å². The van der Waals surface area contributed by atoms with Crippen LogP contribution >= 0.6 is 0 Å². The topological polar surface area (TPSA) is 343 Å². The van der Waals surface area contributed by atoms with Gasteiger partial charge in [-0.1, -0.05) is 0 Å². The molecule has 0 aromatic carbocycles. The summed E-state index contributed by atoms with van der Waals surface area (Å²) < 4.78 is 103. The molecule has 0 bridgehead atoms. The molecular weight excluding hydrogens is 730 g/mol. The fourth-order valence-corrected chi connectivity index (χ4v) is 0. The molecule has 0 rings (SSSR count). The number of hydrogen-bond donors (Lipinski definition) is 0. The van der Waals surface area contributed by atoms with E-state index in [-0.39, 0.29) is 68.5 Å². The van der Waals surface area contributed by atoms with E-state index in [9.17, 15) is 0 Å². The molecule has 0 aliphatic rings. The Morgan fingerprint density at radius 2 is 0.524 bits per heavy atom. The Bertz CT molecular complexity index is 166. The van der Waals surface area contributed by atoms with Crippen molar-refractivity contribution < 1.29 is 175 Å². The van der Waals surface area contributed by atoms with Crippen LogP contribution in [0.3, 0.4) is 0 Å². The van der Waals surface area contributed by atoms with Gasteiger partial charge in [-0.15, -0.1) is 0 Å². The van der Waals surface area contributed by atoms with Gasteiger partial charge in [-0.3, -0.25) is 41.2 Å². The molecule has 0 saturated carbocycles. The van der Waals surface area contributed by atoms with Crippen molar-refractivity contribution in [3.8, 4) is 0 Å². The zero-order valence-electron chi connectivity index (χ0n) is 9.06. The van der Waals surface area contributed by atoms with Crippen molar-refractivity contribution in [3.63, 3.8) is 0 Å². The largest absolute Gasteiger partial charge is 3.00 e. The molecule has 21 heavy (non-hydrogen) atoms. The fraction of sp³-hybridized carbons (Fsp3) is 0. The maximum atomic E-state index is 8.62. The summed E-state index contributed by atoms with van der Waals surface area (Å²) in [6.45, 7) is 0. The van der Waals surface area contributed by atoms with Gasteiger partial charge < -0.3 is 15.3 Å². The van der Waals surface area contributed by atoms with Crippen LogP contribution in [0.1, 0.15) is 0 Å². The van der Waals surface area contributed by atoms with Gasteiger partial charge in [-0.2, -0.15) is 0 Å². The minimum atomic E-state index is -5.94. The van der Waals surface area contributed by atoms with E-state index in [2.05, 4.69) is 0 Å². The van der Waals surface area contributed by atoms with Gasteiger partial charge in [-0.05, 0) is 0 Å². The first-order valence-electron chi connectivity index (χ1n) is 2.40. The Balaban J connectivity index is -0.0000000347. The van der Waals surface area contributed by atoms with E-state index in [4.69, 9.17) is 56.6 Å². The molecule has 0 fully saturated rings. The standard InChI is InChI=1S/Fe.3IO4.K.NO3/c;3*2-1(3,4)5;;2-1(3)4/q+3;3*-1;+1;-1. The average molecular weight is 730 g/mol. The minimum absolute atomic E-state index is 0. The average Bonchev–Trinajstić information content (AvgIpc) is 1.66. The van der Waals surface area contributed by atoms with Gasteiger partial charge >= 0.3 is 68.5 Å². The van der Waals surface area contributed by atoms with Gasteiger partial charge in [0.15, 0.2) is 0 Å². The molecule has 0 aromatic rings. The summed E-state index contributed by atoms with van der Waals surface area (Å²) in [6.07, 6.45) is 0. The third kappa shape index (κ3) is 1090. The predicted octanol–water partition coefficient (Wildman–Crippen LogP) is -26.5. The Morgan fingerprint density at radius 3 is 0.524 bits per heavy atom. The zero-order chi connectivity index (χ0) is 17.1. The molecule has 16 nitrogen and oxygen atoms in total. The Kier molecular flexibility index (Phi) is 36.2. The number of hydrogen-bond acceptors (Lipinski definition) is 15. The molecule has 0 N–H and O–H groups in total. The summed E-state index contributed by atoms with van der Waals surface area (Å²) in [5.74, 6) is 0. The Hall–Kier alpha value is 3.07. The fourth-order valence-electron chi connectivity index (χ4n) is 0. The van der Waals surface area contributed by atoms with Crippen molar-refractivity contribution >= 4 is 0 Å². The van der Waals surface area contributed by atoms with Crippen LogP contribution in [0.4, 0.5) is 0 Å². The second-order valence-corrected chi connectivity index (χ2v) is 7.83. The molecule has 1 radical (unpaired) electrons. The number of nitrogens with zero attached hydrogens (tertiary/aromatic N) is 1. The van der Waals surface area contributed by atoms with Gasteiger partial charge in [0.1, 0.15) is 60.3 Å². The van der Waals surface area contributed by atoms with Crippen molar-refractivity contribution in [2.24, 2.45) is 0 Å². The third-order valence-corrected chi connectivity index (χ3v) is 0. The van der Waals surface area contributed by atoms with Crippen LogP contribution in [0.15, 0.2) is 0 Å². The van der Waals surface area contributed by atoms with E-state index in [0.717, 1.165) is 0 Å². The molecule has 0 heterocycles. The quantitative estimate of drug-likeness (QED) is 0.0967. The maximum Gasteiger partial charge on any atom is 3.00 e. The zero-order valence-corrected chi connectivity index (χ0v) is 19.8. The first kappa shape index (κ1) is 39.2. The molecule has 21 heteroatoms. The molecule has 0 aliphatic carbocycles. The van der Waals surface area contributed by atoms with E-state index >= 15 is 0 Å². The van der Waals surface area contributed by atoms with E-state index in [0.29, 0.717) is 0 Å². The van der Waals surface area contributed by atoms with E-state index in [1.165, 1.54) is 0 Å². The van der Waals surface area contributed by atoms with Gasteiger partial charge in [0, 0.05) is 0 Å². The molecule has 0 amide bonds. The monoisotopic (exact) mass is 730 g/mol. The van der Waals surface area contributed by atoms with Crippen LogP contribution in [0, 0.1) is 15.3 Å². The van der Waals surface area contributed by atoms with Crippen molar-refractivity contribution in [1.29, 1.82) is 0 Å². The van der Waals surface area contributed by atoms with Crippen molar-refractivity contribution in [1.82, 2.24) is 0 Å². The van der Waals surface area contributed by atoms with Crippen LogP contribution in [0.25, 0.3) is 0 Å². The van der Waals surface area contributed by atoms with E-state index < -0.39 is 65.4 Å². The second kappa shape index (κ2) is 19.4. The molecule has 125 valence electrons. The molecule has 0 unspecified atom stereocenters. The summed E-state index contributed by atoms with van der Waals surface area (Å²) in [6, 6.07) is 0. The van der Waals surface area contributed by atoms with Crippen molar-refractivity contribution in [3.05, 3.63) is 15.3 Å². The normalized spacial score (nSPS) is 9.71. The number of rotatable bonds is 0. The Morgan fingerprint density at radius 1 is 0.524 bits per heavy atom. The molecular formula is FeI3KNO15. The second-order valence-electron chi connectivity index (χ2n) is 1.36. The van der Waals surface area contributed by atoms with E-state index in [1.54, 1.807) is 0 Å². The first-order chi connectivity index (χ1) is 7.73. The molecule has 0 saturated heterocycles. The molecule has 0 spiro atoms. The summed E-state index contributed by atoms with van der Waals surface area (Å²) in [7, 11) is 0.